The first-order valence-corrected chi connectivity index (χ1v) is 6.77. The van der Waals surface area contributed by atoms with Gasteiger partial charge in [0.25, 0.3) is 0 Å². The zero-order chi connectivity index (χ0) is 12.2. The third-order valence-corrected chi connectivity index (χ3v) is 3.49. The van der Waals surface area contributed by atoms with Gasteiger partial charge in [0.05, 0.1) is 25.0 Å². The molecule has 2 heterocycles. The second-order valence-electron chi connectivity index (χ2n) is 5.06. The molecule has 1 saturated carbocycles. The average molecular weight is 248 g/mol. The van der Waals surface area contributed by atoms with Crippen molar-refractivity contribution < 1.29 is 9.47 Å². The van der Waals surface area contributed by atoms with Crippen LogP contribution in [0.15, 0.2) is 18.3 Å². The largest absolute Gasteiger partial charge is 0.379 e. The van der Waals surface area contributed by atoms with E-state index in [1.54, 1.807) is 0 Å². The van der Waals surface area contributed by atoms with Gasteiger partial charge in [-0.2, -0.15) is 0 Å². The quantitative estimate of drug-likeness (QED) is 0.831. The summed E-state index contributed by atoms with van der Waals surface area (Å²) in [5.41, 5.74) is 2.31. The van der Waals surface area contributed by atoms with E-state index in [9.17, 15) is 0 Å². The molecular formula is C14H20N2O2. The van der Waals surface area contributed by atoms with Gasteiger partial charge in [0.2, 0.25) is 0 Å². The zero-order valence-corrected chi connectivity index (χ0v) is 10.6. The maximum absolute atomic E-state index is 5.84. The van der Waals surface area contributed by atoms with E-state index >= 15 is 0 Å². The maximum atomic E-state index is 5.84. The van der Waals surface area contributed by atoms with Crippen LogP contribution in [-0.2, 0) is 22.6 Å². The molecule has 0 spiro atoms. The van der Waals surface area contributed by atoms with E-state index in [1.807, 2.05) is 12.3 Å². The Morgan fingerprint density at radius 1 is 1.39 bits per heavy atom. The van der Waals surface area contributed by atoms with Crippen molar-refractivity contribution >= 4 is 0 Å². The summed E-state index contributed by atoms with van der Waals surface area (Å²) in [5, 5.41) is 3.52. The summed E-state index contributed by atoms with van der Waals surface area (Å²) in [6.07, 6.45) is 5.71. The molecule has 2 aliphatic rings. The molecule has 1 aliphatic heterocycles. The van der Waals surface area contributed by atoms with E-state index in [1.165, 1.54) is 18.4 Å². The Morgan fingerprint density at radius 2 is 2.33 bits per heavy atom. The minimum absolute atomic E-state index is 0.247. The molecule has 98 valence electrons. The van der Waals surface area contributed by atoms with Gasteiger partial charge in [0.15, 0.2) is 0 Å². The highest BCUT2D eigenvalue weighted by Gasteiger charge is 2.21. The maximum Gasteiger partial charge on any atom is 0.0896 e. The Morgan fingerprint density at radius 3 is 3.11 bits per heavy atom. The van der Waals surface area contributed by atoms with E-state index in [0.29, 0.717) is 6.61 Å². The molecule has 1 atom stereocenters. The first kappa shape index (κ1) is 12.1. The Kier molecular flexibility index (Phi) is 3.88. The normalized spacial score (nSPS) is 23.4. The van der Waals surface area contributed by atoms with Crippen molar-refractivity contribution in [1.82, 2.24) is 10.3 Å². The van der Waals surface area contributed by atoms with Crippen LogP contribution in [0.4, 0.5) is 0 Å². The van der Waals surface area contributed by atoms with Gasteiger partial charge in [-0.15, -0.1) is 0 Å². The lowest BCUT2D eigenvalue weighted by molar-refractivity contribution is 0.0297. The van der Waals surface area contributed by atoms with Crippen LogP contribution >= 0.6 is 0 Å². The Hall–Kier alpha value is -0.970. The topological polar surface area (TPSA) is 43.4 Å². The summed E-state index contributed by atoms with van der Waals surface area (Å²) in [7, 11) is 0. The molecule has 2 fully saturated rings. The van der Waals surface area contributed by atoms with Gasteiger partial charge >= 0.3 is 0 Å². The van der Waals surface area contributed by atoms with Crippen LogP contribution in [0, 0.1) is 0 Å². The van der Waals surface area contributed by atoms with Crippen LogP contribution in [0.25, 0.3) is 0 Å². The Bertz CT molecular complexity index is 387. The summed E-state index contributed by atoms with van der Waals surface area (Å²) in [6, 6.07) is 4.85. The number of nitrogens with one attached hydrogen (secondary N) is 1. The predicted molar refractivity (Wildman–Crippen MR) is 68.1 cm³/mol. The van der Waals surface area contributed by atoms with E-state index in [2.05, 4.69) is 16.4 Å². The monoisotopic (exact) mass is 248 g/mol. The second-order valence-corrected chi connectivity index (χ2v) is 5.06. The molecular weight excluding hydrogens is 228 g/mol. The van der Waals surface area contributed by atoms with Crippen LogP contribution in [0.2, 0.25) is 0 Å². The Balaban J connectivity index is 1.55. The fraction of sp³-hybridized carbons (Fsp3) is 0.643. The SMILES string of the molecule is c1cnc(COC2CCOC2)c(CNC2CC2)c1. The third kappa shape index (κ3) is 3.28. The molecule has 4 heteroatoms. The van der Waals surface area contributed by atoms with Gasteiger partial charge in [-0.05, 0) is 30.9 Å². The van der Waals surface area contributed by atoms with Crippen molar-refractivity contribution in [2.24, 2.45) is 0 Å². The first-order valence-electron chi connectivity index (χ1n) is 6.77. The number of aromatic nitrogens is 1. The van der Waals surface area contributed by atoms with Crippen molar-refractivity contribution in [3.05, 3.63) is 29.6 Å². The predicted octanol–water partition coefficient (Wildman–Crippen LogP) is 1.64. The van der Waals surface area contributed by atoms with Crippen molar-refractivity contribution in [2.45, 2.75) is 44.6 Å². The van der Waals surface area contributed by atoms with Gasteiger partial charge < -0.3 is 14.8 Å². The van der Waals surface area contributed by atoms with Gasteiger partial charge in [0, 0.05) is 25.4 Å². The molecule has 1 N–H and O–H groups in total. The number of ether oxygens (including phenoxy) is 2. The van der Waals surface area contributed by atoms with Crippen LogP contribution in [0.5, 0.6) is 0 Å². The summed E-state index contributed by atoms with van der Waals surface area (Å²) in [5.74, 6) is 0. The van der Waals surface area contributed by atoms with Crippen LogP contribution < -0.4 is 5.32 Å². The standard InChI is InChI=1S/C14H20N2O2/c1-2-11(8-16-12-3-4-12)14(15-6-1)10-18-13-5-7-17-9-13/h1-2,6,12-13,16H,3-5,7-10H2. The molecule has 3 rings (SSSR count). The van der Waals surface area contributed by atoms with E-state index in [0.717, 1.165) is 37.9 Å². The lowest BCUT2D eigenvalue weighted by Gasteiger charge is -2.12. The van der Waals surface area contributed by atoms with Gasteiger partial charge in [-0.3, -0.25) is 4.98 Å². The summed E-state index contributed by atoms with van der Waals surface area (Å²) in [4.78, 5) is 4.43. The van der Waals surface area contributed by atoms with Gasteiger partial charge in [-0.1, -0.05) is 6.07 Å². The lowest BCUT2D eigenvalue weighted by Crippen LogP contribution is -2.18. The Labute approximate surface area is 108 Å². The molecule has 0 amide bonds. The van der Waals surface area contributed by atoms with Crippen LogP contribution in [-0.4, -0.2) is 30.3 Å². The summed E-state index contributed by atoms with van der Waals surface area (Å²) < 4.78 is 11.1. The van der Waals surface area contributed by atoms with Gasteiger partial charge in [-0.25, -0.2) is 0 Å². The van der Waals surface area contributed by atoms with Crippen molar-refractivity contribution in [3.63, 3.8) is 0 Å². The second kappa shape index (κ2) is 5.78. The van der Waals surface area contributed by atoms with E-state index in [-0.39, 0.29) is 6.10 Å². The number of nitrogens with zero attached hydrogens (tertiary/aromatic N) is 1. The van der Waals surface area contributed by atoms with Crippen LogP contribution in [0.3, 0.4) is 0 Å². The zero-order valence-electron chi connectivity index (χ0n) is 10.6. The molecule has 0 radical (unpaired) electrons. The molecule has 1 aliphatic carbocycles. The van der Waals surface area contributed by atoms with Gasteiger partial charge in [0.1, 0.15) is 0 Å². The van der Waals surface area contributed by atoms with Crippen molar-refractivity contribution in [3.8, 4) is 0 Å². The minimum Gasteiger partial charge on any atom is -0.379 e. The number of rotatable bonds is 6. The minimum atomic E-state index is 0.247. The van der Waals surface area contributed by atoms with E-state index < -0.39 is 0 Å². The molecule has 1 aromatic heterocycles. The molecule has 1 unspecified atom stereocenters. The molecule has 1 saturated heterocycles. The molecule has 4 nitrogen and oxygen atoms in total. The van der Waals surface area contributed by atoms with Crippen molar-refractivity contribution in [1.29, 1.82) is 0 Å². The molecule has 1 aromatic rings. The number of hydrogen-bond acceptors (Lipinski definition) is 4. The fourth-order valence-corrected chi connectivity index (χ4v) is 2.15. The molecule has 18 heavy (non-hydrogen) atoms. The average Bonchev–Trinajstić information content (AvgIpc) is 3.09. The first-order chi connectivity index (χ1) is 8.92. The third-order valence-electron chi connectivity index (χ3n) is 3.49. The molecule has 0 bridgehead atoms. The fourth-order valence-electron chi connectivity index (χ4n) is 2.15. The highest BCUT2D eigenvalue weighted by molar-refractivity contribution is 5.19. The van der Waals surface area contributed by atoms with E-state index in [4.69, 9.17) is 9.47 Å². The smallest absolute Gasteiger partial charge is 0.0896 e. The number of hydrogen-bond donors (Lipinski definition) is 1. The summed E-state index contributed by atoms with van der Waals surface area (Å²) >= 11 is 0. The lowest BCUT2D eigenvalue weighted by atomic mass is 10.2. The molecule has 0 aromatic carbocycles. The number of pyridine rings is 1. The highest BCUT2D eigenvalue weighted by Crippen LogP contribution is 2.20. The summed E-state index contributed by atoms with van der Waals surface area (Å²) in [6.45, 7) is 3.04. The van der Waals surface area contributed by atoms with Crippen molar-refractivity contribution in [2.75, 3.05) is 13.2 Å². The highest BCUT2D eigenvalue weighted by atomic mass is 16.5. The van der Waals surface area contributed by atoms with Crippen LogP contribution in [0.1, 0.15) is 30.5 Å².